The average molecular weight is 280 g/mol. The van der Waals surface area contributed by atoms with Crippen molar-refractivity contribution in [2.24, 2.45) is 0 Å². The van der Waals surface area contributed by atoms with Crippen LogP contribution in [0.3, 0.4) is 0 Å². The average Bonchev–Trinajstić information content (AvgIpc) is 2.93. The van der Waals surface area contributed by atoms with E-state index in [9.17, 15) is 0 Å². The van der Waals surface area contributed by atoms with Crippen molar-refractivity contribution in [1.29, 1.82) is 0 Å². The lowest BCUT2D eigenvalue weighted by molar-refractivity contribution is 0.276. The lowest BCUT2D eigenvalue weighted by Gasteiger charge is -2.02. The number of hydrogen-bond acceptors (Lipinski definition) is 2. The molecule has 1 aromatic heterocycles. The summed E-state index contributed by atoms with van der Waals surface area (Å²) in [6.45, 7) is 2.33. The minimum absolute atomic E-state index is 0.0608. The fourth-order valence-electron chi connectivity index (χ4n) is 2.59. The predicted octanol–water partition coefficient (Wildman–Crippen LogP) is 4.76. The number of hydrogen-bond donors (Lipinski definition) is 2. The number of rotatable bonds is 13. The molecule has 0 saturated heterocycles. The largest absolute Gasteiger partial charge is 0.390 e. The van der Waals surface area contributed by atoms with E-state index in [0.29, 0.717) is 0 Å². The number of aromatic amines is 1. The molecule has 20 heavy (non-hydrogen) atoms. The molecule has 1 aromatic rings. The quantitative estimate of drug-likeness (QED) is 0.512. The van der Waals surface area contributed by atoms with Crippen LogP contribution in [0.4, 0.5) is 0 Å². The van der Waals surface area contributed by atoms with Crippen LogP contribution in [0.25, 0.3) is 0 Å². The van der Waals surface area contributed by atoms with Gasteiger partial charge in [-0.15, -0.1) is 0 Å². The van der Waals surface area contributed by atoms with E-state index < -0.39 is 0 Å². The number of unbranched alkanes of at least 4 members (excludes halogenated alkanes) is 10. The molecule has 1 rings (SSSR count). The maximum Gasteiger partial charge on any atom is 0.0847 e. The van der Waals surface area contributed by atoms with Crippen molar-refractivity contribution in [3.05, 3.63) is 17.5 Å². The van der Waals surface area contributed by atoms with E-state index in [1.54, 1.807) is 0 Å². The van der Waals surface area contributed by atoms with Crippen molar-refractivity contribution in [2.45, 2.75) is 90.6 Å². The van der Waals surface area contributed by atoms with Gasteiger partial charge in [0.15, 0.2) is 0 Å². The van der Waals surface area contributed by atoms with Gasteiger partial charge in [0.25, 0.3) is 0 Å². The van der Waals surface area contributed by atoms with Gasteiger partial charge in [-0.1, -0.05) is 71.1 Å². The third-order valence-electron chi connectivity index (χ3n) is 3.89. The number of aliphatic hydroxyl groups is 1. The Balaban J connectivity index is 1.83. The maximum absolute atomic E-state index is 8.94. The summed E-state index contributed by atoms with van der Waals surface area (Å²) in [5, 5.41) is 16.0. The highest BCUT2D eigenvalue weighted by atomic mass is 16.3. The van der Waals surface area contributed by atoms with Crippen LogP contribution in [0.15, 0.2) is 6.07 Å². The molecule has 0 amide bonds. The fourth-order valence-corrected chi connectivity index (χ4v) is 2.59. The zero-order chi connectivity index (χ0) is 14.5. The molecule has 0 bridgehead atoms. The van der Waals surface area contributed by atoms with E-state index in [4.69, 9.17) is 5.11 Å². The molecule has 2 N–H and O–H groups in total. The summed E-state index contributed by atoms with van der Waals surface area (Å²) in [4.78, 5) is 0. The van der Waals surface area contributed by atoms with Gasteiger partial charge in [0.05, 0.1) is 18.0 Å². The zero-order valence-electron chi connectivity index (χ0n) is 13.2. The minimum atomic E-state index is 0.0608. The van der Waals surface area contributed by atoms with E-state index >= 15 is 0 Å². The molecule has 1 heterocycles. The highest BCUT2D eigenvalue weighted by Crippen LogP contribution is 2.12. The van der Waals surface area contributed by atoms with Gasteiger partial charge < -0.3 is 5.11 Å². The first-order chi connectivity index (χ1) is 9.86. The SMILES string of the molecule is CCCCCCCCCCCCCc1cc(CO)[nH]n1. The first-order valence-electron chi connectivity index (χ1n) is 8.51. The van der Waals surface area contributed by atoms with Crippen LogP contribution in [0.1, 0.15) is 88.9 Å². The number of aliphatic hydroxyl groups excluding tert-OH is 1. The minimum Gasteiger partial charge on any atom is -0.390 e. The Labute approximate surface area is 124 Å². The molecule has 0 atom stereocenters. The standard InChI is InChI=1S/C17H32N2O/c1-2-3-4-5-6-7-8-9-10-11-12-13-16-14-17(15-20)19-18-16/h14,20H,2-13,15H2,1H3,(H,18,19). The third-order valence-corrected chi connectivity index (χ3v) is 3.89. The van der Waals surface area contributed by atoms with Crippen molar-refractivity contribution < 1.29 is 5.11 Å². The Hall–Kier alpha value is -0.830. The van der Waals surface area contributed by atoms with Crippen LogP contribution in [0.5, 0.6) is 0 Å². The molecular weight excluding hydrogens is 248 g/mol. The van der Waals surface area contributed by atoms with Crippen molar-refractivity contribution >= 4 is 0 Å². The van der Waals surface area contributed by atoms with Gasteiger partial charge in [-0.2, -0.15) is 5.10 Å². The number of aromatic nitrogens is 2. The molecule has 0 aliphatic carbocycles. The van der Waals surface area contributed by atoms with Crippen molar-refractivity contribution in [1.82, 2.24) is 10.2 Å². The predicted molar refractivity (Wildman–Crippen MR) is 84.7 cm³/mol. The van der Waals surface area contributed by atoms with Crippen molar-refractivity contribution in [3.8, 4) is 0 Å². The normalized spacial score (nSPS) is 11.1. The summed E-state index contributed by atoms with van der Waals surface area (Å²) in [5.74, 6) is 0. The van der Waals surface area contributed by atoms with Gasteiger partial charge in [0.2, 0.25) is 0 Å². The fraction of sp³-hybridized carbons (Fsp3) is 0.824. The Morgan fingerprint density at radius 3 is 1.95 bits per heavy atom. The molecule has 0 saturated carbocycles. The third kappa shape index (κ3) is 8.36. The first kappa shape index (κ1) is 17.2. The van der Waals surface area contributed by atoms with Gasteiger partial charge in [-0.3, -0.25) is 5.10 Å². The summed E-state index contributed by atoms with van der Waals surface area (Å²) in [6, 6.07) is 1.97. The van der Waals surface area contributed by atoms with E-state index in [1.165, 1.54) is 70.6 Å². The Bertz CT molecular complexity index is 323. The molecule has 0 fully saturated rings. The monoisotopic (exact) mass is 280 g/mol. The molecule has 0 aliphatic rings. The van der Waals surface area contributed by atoms with Crippen LogP contribution in [-0.4, -0.2) is 15.3 Å². The van der Waals surface area contributed by atoms with Crippen molar-refractivity contribution in [2.75, 3.05) is 0 Å². The molecule has 0 radical (unpaired) electrons. The molecule has 116 valence electrons. The number of aryl methyl sites for hydroxylation is 1. The van der Waals surface area contributed by atoms with E-state index in [-0.39, 0.29) is 6.61 Å². The maximum atomic E-state index is 8.94. The molecule has 3 heteroatoms. The summed E-state index contributed by atoms with van der Waals surface area (Å²) in [7, 11) is 0. The first-order valence-corrected chi connectivity index (χ1v) is 8.51. The second kappa shape index (κ2) is 12.0. The number of nitrogens with one attached hydrogen (secondary N) is 1. The lowest BCUT2D eigenvalue weighted by Crippen LogP contribution is -1.87. The van der Waals surface area contributed by atoms with Gasteiger partial charge in [-0.05, 0) is 18.9 Å². The van der Waals surface area contributed by atoms with Gasteiger partial charge in [-0.25, -0.2) is 0 Å². The van der Waals surface area contributed by atoms with E-state index in [0.717, 1.165) is 17.8 Å². The van der Waals surface area contributed by atoms with E-state index in [2.05, 4.69) is 17.1 Å². The van der Waals surface area contributed by atoms with Crippen LogP contribution in [0, 0.1) is 0 Å². The number of nitrogens with zero attached hydrogens (tertiary/aromatic N) is 1. The van der Waals surface area contributed by atoms with Gasteiger partial charge in [0.1, 0.15) is 0 Å². The molecule has 0 aromatic carbocycles. The second-order valence-corrected chi connectivity index (χ2v) is 5.83. The summed E-state index contributed by atoms with van der Waals surface area (Å²) in [5.41, 5.74) is 1.91. The second-order valence-electron chi connectivity index (χ2n) is 5.83. The number of H-pyrrole nitrogens is 1. The topological polar surface area (TPSA) is 48.9 Å². The Kier molecular flexibility index (Phi) is 10.3. The molecule has 3 nitrogen and oxygen atoms in total. The lowest BCUT2D eigenvalue weighted by atomic mass is 10.0. The molecule has 0 unspecified atom stereocenters. The van der Waals surface area contributed by atoms with Crippen LogP contribution >= 0.6 is 0 Å². The smallest absolute Gasteiger partial charge is 0.0847 e. The Morgan fingerprint density at radius 1 is 0.900 bits per heavy atom. The Morgan fingerprint density at radius 2 is 1.45 bits per heavy atom. The van der Waals surface area contributed by atoms with Crippen molar-refractivity contribution in [3.63, 3.8) is 0 Å². The highest BCUT2D eigenvalue weighted by molar-refractivity contribution is 5.07. The van der Waals surface area contributed by atoms with Crippen LogP contribution in [0.2, 0.25) is 0 Å². The summed E-state index contributed by atoms with van der Waals surface area (Å²) >= 11 is 0. The molecule has 0 aliphatic heterocycles. The van der Waals surface area contributed by atoms with Gasteiger partial charge >= 0.3 is 0 Å². The van der Waals surface area contributed by atoms with E-state index in [1.807, 2.05) is 6.07 Å². The summed E-state index contributed by atoms with van der Waals surface area (Å²) in [6.07, 6.45) is 16.2. The summed E-state index contributed by atoms with van der Waals surface area (Å²) < 4.78 is 0. The zero-order valence-corrected chi connectivity index (χ0v) is 13.2. The van der Waals surface area contributed by atoms with Crippen LogP contribution < -0.4 is 0 Å². The molecular formula is C17H32N2O. The van der Waals surface area contributed by atoms with Crippen LogP contribution in [-0.2, 0) is 13.0 Å². The molecule has 0 spiro atoms. The highest BCUT2D eigenvalue weighted by Gasteiger charge is 2.00. The van der Waals surface area contributed by atoms with Gasteiger partial charge in [0, 0.05) is 0 Å².